The first-order valence-electron chi connectivity index (χ1n) is 11.5. The lowest BCUT2D eigenvalue weighted by Crippen LogP contribution is -2.28. The first-order chi connectivity index (χ1) is 18.6. The number of hydrogen-bond donors (Lipinski definition) is 1. The van der Waals surface area contributed by atoms with Gasteiger partial charge in [0, 0.05) is 18.9 Å². The lowest BCUT2D eigenvalue weighted by Gasteiger charge is -2.31. The van der Waals surface area contributed by atoms with Crippen molar-refractivity contribution in [2.75, 3.05) is 10.9 Å². The van der Waals surface area contributed by atoms with Crippen molar-refractivity contribution in [1.82, 2.24) is 9.55 Å². The van der Waals surface area contributed by atoms with E-state index in [2.05, 4.69) is 4.98 Å². The standard InChI is InChI=1S/C24H21N3O4S.C2HF3O2/c28-32(29,20-12-10-19(11-13-20)30-17-5-15-26-16-14-25-18-26)27-21-6-1-3-8-23(21)31-24-9-4-2-7-22(24)27;3-2(4,5)1(6)7/h1-4,6-14,16,18H,5,15,17H2;(H,6,7). The van der Waals surface area contributed by atoms with Crippen LogP contribution in [0.1, 0.15) is 6.42 Å². The van der Waals surface area contributed by atoms with Gasteiger partial charge in [0.2, 0.25) is 0 Å². The maximum atomic E-state index is 13.6. The number of para-hydroxylation sites is 4. The molecule has 3 aromatic carbocycles. The van der Waals surface area contributed by atoms with Gasteiger partial charge in [-0.15, -0.1) is 0 Å². The second kappa shape index (κ2) is 11.5. The molecule has 0 amide bonds. The van der Waals surface area contributed by atoms with Crippen LogP contribution in [0.5, 0.6) is 17.2 Å². The smallest absolute Gasteiger partial charge is 0.490 e. The fourth-order valence-corrected chi connectivity index (χ4v) is 5.11. The first-order valence-corrected chi connectivity index (χ1v) is 12.9. The second-order valence-electron chi connectivity index (χ2n) is 8.08. The van der Waals surface area contributed by atoms with Crippen molar-refractivity contribution < 1.29 is 41.0 Å². The molecule has 39 heavy (non-hydrogen) atoms. The molecule has 0 atom stereocenters. The molecule has 204 valence electrons. The van der Waals surface area contributed by atoms with Crippen LogP contribution >= 0.6 is 0 Å². The van der Waals surface area contributed by atoms with Crippen LogP contribution in [0.4, 0.5) is 24.5 Å². The van der Waals surface area contributed by atoms with E-state index in [4.69, 9.17) is 19.4 Å². The normalized spacial score (nSPS) is 12.3. The highest BCUT2D eigenvalue weighted by molar-refractivity contribution is 7.93. The summed E-state index contributed by atoms with van der Waals surface area (Å²) in [5, 5.41) is 7.12. The van der Waals surface area contributed by atoms with Gasteiger partial charge in [0.25, 0.3) is 10.0 Å². The van der Waals surface area contributed by atoms with Gasteiger partial charge < -0.3 is 19.1 Å². The van der Waals surface area contributed by atoms with Gasteiger partial charge in [0.05, 0.1) is 17.8 Å². The summed E-state index contributed by atoms with van der Waals surface area (Å²) in [7, 11) is -3.87. The number of sulfonamides is 1. The number of aryl methyl sites for hydroxylation is 1. The summed E-state index contributed by atoms with van der Waals surface area (Å²) in [5.74, 6) is -1.15. The number of hydrogen-bond acceptors (Lipinski definition) is 6. The van der Waals surface area contributed by atoms with E-state index in [9.17, 15) is 21.6 Å². The molecule has 0 fully saturated rings. The van der Waals surface area contributed by atoms with Crippen molar-refractivity contribution in [3.63, 3.8) is 0 Å². The second-order valence-corrected chi connectivity index (χ2v) is 9.87. The number of carboxylic acid groups (broad SMARTS) is 1. The summed E-state index contributed by atoms with van der Waals surface area (Å²) in [5.41, 5.74) is 0.956. The minimum Gasteiger partial charge on any atom is -0.494 e. The van der Waals surface area contributed by atoms with E-state index in [0.29, 0.717) is 35.2 Å². The third kappa shape index (κ3) is 6.49. The number of benzene rings is 3. The zero-order valence-corrected chi connectivity index (χ0v) is 21.0. The number of aliphatic carboxylic acids is 1. The third-order valence-electron chi connectivity index (χ3n) is 5.38. The van der Waals surface area contributed by atoms with Gasteiger partial charge in [0.1, 0.15) is 17.1 Å². The van der Waals surface area contributed by atoms with E-state index in [1.54, 1.807) is 73.2 Å². The minimum atomic E-state index is -5.08. The number of halogens is 3. The number of fused-ring (bicyclic) bond motifs is 2. The molecular weight excluding hydrogens is 539 g/mol. The summed E-state index contributed by atoms with van der Waals surface area (Å²) in [6.07, 6.45) is 1.15. The first kappa shape index (κ1) is 27.5. The Kier molecular flexibility index (Phi) is 8.10. The van der Waals surface area contributed by atoms with Gasteiger partial charge in [-0.05, 0) is 55.0 Å². The van der Waals surface area contributed by atoms with Crippen LogP contribution in [0, 0.1) is 0 Å². The summed E-state index contributed by atoms with van der Waals surface area (Å²) >= 11 is 0. The Morgan fingerprint density at radius 3 is 2.03 bits per heavy atom. The van der Waals surface area contributed by atoms with Crippen molar-refractivity contribution >= 4 is 27.4 Å². The zero-order valence-electron chi connectivity index (χ0n) is 20.2. The Morgan fingerprint density at radius 2 is 1.51 bits per heavy atom. The van der Waals surface area contributed by atoms with Crippen LogP contribution in [-0.2, 0) is 21.4 Å². The molecule has 0 unspecified atom stereocenters. The van der Waals surface area contributed by atoms with Crippen LogP contribution in [0.15, 0.2) is 96.4 Å². The number of imidazole rings is 1. The molecule has 0 saturated carbocycles. The summed E-state index contributed by atoms with van der Waals surface area (Å²) < 4.78 is 74.0. The predicted molar refractivity (Wildman–Crippen MR) is 135 cm³/mol. The number of rotatable bonds is 7. The van der Waals surface area contributed by atoms with Crippen LogP contribution in [0.25, 0.3) is 0 Å². The summed E-state index contributed by atoms with van der Waals surface area (Å²) in [6, 6.07) is 20.7. The number of aromatic nitrogens is 2. The van der Waals surface area contributed by atoms with Gasteiger partial charge in [-0.2, -0.15) is 13.2 Å². The van der Waals surface area contributed by atoms with Crippen molar-refractivity contribution in [1.29, 1.82) is 0 Å². The largest absolute Gasteiger partial charge is 0.494 e. The maximum absolute atomic E-state index is 13.6. The van der Waals surface area contributed by atoms with E-state index in [0.717, 1.165) is 13.0 Å². The van der Waals surface area contributed by atoms with Crippen LogP contribution in [0.2, 0.25) is 0 Å². The number of nitrogens with zero attached hydrogens (tertiary/aromatic N) is 3. The molecule has 1 aliphatic heterocycles. The van der Waals surface area contributed by atoms with Crippen molar-refractivity contribution in [3.8, 4) is 17.2 Å². The maximum Gasteiger partial charge on any atom is 0.490 e. The Labute approximate surface area is 221 Å². The highest BCUT2D eigenvalue weighted by atomic mass is 32.2. The molecule has 0 saturated heterocycles. The summed E-state index contributed by atoms with van der Waals surface area (Å²) in [4.78, 5) is 13.1. The minimum absolute atomic E-state index is 0.176. The number of alkyl halides is 3. The molecule has 9 nitrogen and oxygen atoms in total. The number of anilines is 2. The van der Waals surface area contributed by atoms with Gasteiger partial charge >= 0.3 is 12.1 Å². The molecule has 0 aliphatic carbocycles. The fourth-order valence-electron chi connectivity index (χ4n) is 3.60. The molecule has 0 bridgehead atoms. The van der Waals surface area contributed by atoms with Gasteiger partial charge in [-0.3, -0.25) is 0 Å². The van der Waals surface area contributed by atoms with E-state index in [1.807, 2.05) is 22.9 Å². The van der Waals surface area contributed by atoms with E-state index < -0.39 is 22.2 Å². The number of carboxylic acids is 1. The highest BCUT2D eigenvalue weighted by Gasteiger charge is 2.38. The Morgan fingerprint density at radius 1 is 0.949 bits per heavy atom. The third-order valence-corrected chi connectivity index (χ3v) is 7.12. The van der Waals surface area contributed by atoms with Crippen molar-refractivity contribution in [2.24, 2.45) is 0 Å². The fraction of sp³-hybridized carbons (Fsp3) is 0.154. The zero-order chi connectivity index (χ0) is 28.0. The van der Waals surface area contributed by atoms with Gasteiger partial charge in [0.15, 0.2) is 11.5 Å². The van der Waals surface area contributed by atoms with Crippen LogP contribution in [-0.4, -0.2) is 41.8 Å². The lowest BCUT2D eigenvalue weighted by molar-refractivity contribution is -0.192. The monoisotopic (exact) mass is 561 g/mol. The average Bonchev–Trinajstić information content (AvgIpc) is 3.43. The topological polar surface area (TPSA) is 111 Å². The summed E-state index contributed by atoms with van der Waals surface area (Å²) in [6.45, 7) is 1.33. The van der Waals surface area contributed by atoms with Gasteiger partial charge in [-0.25, -0.2) is 22.5 Å². The number of ether oxygens (including phenoxy) is 2. The molecule has 2 heterocycles. The molecule has 0 radical (unpaired) electrons. The number of carbonyl (C=O) groups is 1. The van der Waals surface area contributed by atoms with Crippen molar-refractivity contribution in [2.45, 2.75) is 24.0 Å². The Balaban J connectivity index is 0.000000448. The SMILES string of the molecule is O=C(O)C(F)(F)F.O=S(=O)(c1ccc(OCCCn2ccnc2)cc1)N1c2ccccc2Oc2ccccc21. The molecule has 13 heteroatoms. The molecule has 0 spiro atoms. The molecule has 1 aliphatic rings. The predicted octanol–water partition coefficient (Wildman–Crippen LogP) is 5.62. The van der Waals surface area contributed by atoms with E-state index in [1.165, 1.54) is 4.31 Å². The molecule has 5 rings (SSSR count). The van der Waals surface area contributed by atoms with E-state index >= 15 is 0 Å². The molecule has 1 aromatic heterocycles. The Hall–Kier alpha value is -4.52. The quantitative estimate of drug-likeness (QED) is 0.292. The highest BCUT2D eigenvalue weighted by Crippen LogP contribution is 2.48. The van der Waals surface area contributed by atoms with Gasteiger partial charge in [-0.1, -0.05) is 24.3 Å². The lowest BCUT2D eigenvalue weighted by atomic mass is 10.2. The van der Waals surface area contributed by atoms with E-state index in [-0.39, 0.29) is 4.90 Å². The van der Waals surface area contributed by atoms with Crippen LogP contribution in [0.3, 0.4) is 0 Å². The Bertz CT molecular complexity index is 1480. The molecular formula is C26H22F3N3O6S. The van der Waals surface area contributed by atoms with Crippen LogP contribution < -0.4 is 13.8 Å². The van der Waals surface area contributed by atoms with Crippen molar-refractivity contribution in [3.05, 3.63) is 91.5 Å². The molecule has 1 N–H and O–H groups in total. The molecule has 4 aromatic rings. The average molecular weight is 562 g/mol.